The molecular weight excluding hydrogens is 254 g/mol. The highest BCUT2D eigenvalue weighted by molar-refractivity contribution is 4.86. The molecule has 1 nitrogen and oxygen atoms in total. The van der Waals surface area contributed by atoms with Gasteiger partial charge in [0.1, 0.15) is 0 Å². The molecule has 0 spiro atoms. The van der Waals surface area contributed by atoms with E-state index >= 15 is 0 Å². The maximum absolute atomic E-state index is 6.46. The van der Waals surface area contributed by atoms with Gasteiger partial charge in [-0.1, -0.05) is 53.4 Å². The zero-order chi connectivity index (χ0) is 16.1. The van der Waals surface area contributed by atoms with Crippen molar-refractivity contribution < 1.29 is 0 Å². The lowest BCUT2D eigenvalue weighted by Gasteiger charge is -2.40. The summed E-state index contributed by atoms with van der Waals surface area (Å²) >= 11 is 0. The molecule has 0 amide bonds. The van der Waals surface area contributed by atoms with Crippen molar-refractivity contribution in [1.29, 1.82) is 0 Å². The second-order valence-electron chi connectivity index (χ2n) is 9.37. The van der Waals surface area contributed by atoms with E-state index in [2.05, 4.69) is 41.5 Å². The van der Waals surface area contributed by atoms with E-state index in [0.29, 0.717) is 11.3 Å². The Morgan fingerprint density at radius 2 is 1.81 bits per heavy atom. The number of unbranched alkanes of at least 4 members (excludes halogenated alkanes) is 2. The third-order valence-corrected chi connectivity index (χ3v) is 5.61. The van der Waals surface area contributed by atoms with Crippen molar-refractivity contribution in [1.82, 2.24) is 0 Å². The highest BCUT2D eigenvalue weighted by Crippen LogP contribution is 2.44. The van der Waals surface area contributed by atoms with E-state index in [4.69, 9.17) is 5.73 Å². The Kier molecular flexibility index (Phi) is 7.24. The Morgan fingerprint density at radius 3 is 2.33 bits per heavy atom. The first-order valence-electron chi connectivity index (χ1n) is 9.43. The van der Waals surface area contributed by atoms with Crippen LogP contribution in [0.3, 0.4) is 0 Å². The van der Waals surface area contributed by atoms with Crippen LogP contribution in [0.15, 0.2) is 0 Å². The molecule has 21 heavy (non-hydrogen) atoms. The monoisotopic (exact) mass is 295 g/mol. The normalized spacial score (nSPS) is 27.6. The maximum Gasteiger partial charge on any atom is 0.0125 e. The van der Waals surface area contributed by atoms with Crippen LogP contribution in [0, 0.1) is 23.2 Å². The molecule has 1 saturated carbocycles. The molecule has 3 atom stereocenters. The first-order valence-corrected chi connectivity index (χ1v) is 9.43. The molecule has 0 saturated heterocycles. The van der Waals surface area contributed by atoms with E-state index in [9.17, 15) is 0 Å². The molecule has 1 heteroatoms. The van der Waals surface area contributed by atoms with Crippen molar-refractivity contribution in [3.8, 4) is 0 Å². The van der Waals surface area contributed by atoms with Crippen LogP contribution in [-0.4, -0.2) is 5.54 Å². The molecule has 3 unspecified atom stereocenters. The van der Waals surface area contributed by atoms with Gasteiger partial charge in [-0.05, 0) is 69.1 Å². The molecular formula is C20H41N. The molecule has 1 aliphatic carbocycles. The van der Waals surface area contributed by atoms with Gasteiger partial charge in [-0.2, -0.15) is 0 Å². The number of rotatable bonds is 8. The number of nitrogens with two attached hydrogens (primary N) is 1. The molecule has 126 valence electrons. The van der Waals surface area contributed by atoms with Gasteiger partial charge < -0.3 is 5.73 Å². The topological polar surface area (TPSA) is 26.0 Å². The van der Waals surface area contributed by atoms with Crippen molar-refractivity contribution >= 4 is 0 Å². The minimum Gasteiger partial charge on any atom is -0.325 e. The smallest absolute Gasteiger partial charge is 0.0125 e. The number of hydrogen-bond acceptors (Lipinski definition) is 1. The first kappa shape index (κ1) is 19.0. The summed E-state index contributed by atoms with van der Waals surface area (Å²) in [6, 6.07) is 0. The summed E-state index contributed by atoms with van der Waals surface area (Å²) < 4.78 is 0. The molecule has 1 aliphatic rings. The van der Waals surface area contributed by atoms with Crippen LogP contribution in [0.2, 0.25) is 0 Å². The van der Waals surface area contributed by atoms with Gasteiger partial charge in [0.15, 0.2) is 0 Å². The second-order valence-corrected chi connectivity index (χ2v) is 9.37. The molecule has 0 radical (unpaired) electrons. The predicted octanol–water partition coefficient (Wildman–Crippen LogP) is 6.16. The minimum absolute atomic E-state index is 0.0104. The van der Waals surface area contributed by atoms with Gasteiger partial charge >= 0.3 is 0 Å². The summed E-state index contributed by atoms with van der Waals surface area (Å²) in [5, 5.41) is 0. The molecule has 0 bridgehead atoms. The Hall–Kier alpha value is -0.0400. The van der Waals surface area contributed by atoms with Crippen LogP contribution in [0.1, 0.15) is 99.3 Å². The Balaban J connectivity index is 2.48. The minimum atomic E-state index is -0.0104. The number of hydrogen-bond donors (Lipinski definition) is 1. The highest BCUT2D eigenvalue weighted by atomic mass is 14.7. The first-order chi connectivity index (χ1) is 9.64. The van der Waals surface area contributed by atoms with Crippen molar-refractivity contribution in [2.24, 2.45) is 28.9 Å². The van der Waals surface area contributed by atoms with E-state index in [1.54, 1.807) is 0 Å². The molecule has 0 heterocycles. The van der Waals surface area contributed by atoms with Crippen molar-refractivity contribution in [3.05, 3.63) is 0 Å². The maximum atomic E-state index is 6.46. The standard InChI is InChI=1S/C20H41N/c1-7-8-9-10-18(20(5,6)21)12-11-17-13-16(2)14-19(3,4)15-17/h16-18H,7-15,21H2,1-6H3. The van der Waals surface area contributed by atoms with Crippen LogP contribution in [0.4, 0.5) is 0 Å². The Bertz CT molecular complexity index is 287. The largest absolute Gasteiger partial charge is 0.325 e. The van der Waals surface area contributed by atoms with Crippen LogP contribution in [-0.2, 0) is 0 Å². The molecule has 0 aromatic heterocycles. The fraction of sp³-hybridized carbons (Fsp3) is 1.00. The van der Waals surface area contributed by atoms with Crippen LogP contribution >= 0.6 is 0 Å². The molecule has 0 aromatic carbocycles. The molecule has 1 rings (SSSR count). The quantitative estimate of drug-likeness (QED) is 0.533. The van der Waals surface area contributed by atoms with E-state index < -0.39 is 0 Å². The van der Waals surface area contributed by atoms with Crippen LogP contribution in [0.5, 0.6) is 0 Å². The van der Waals surface area contributed by atoms with E-state index in [0.717, 1.165) is 11.8 Å². The third kappa shape index (κ3) is 7.17. The van der Waals surface area contributed by atoms with E-state index in [1.165, 1.54) is 57.8 Å². The van der Waals surface area contributed by atoms with Crippen LogP contribution in [0.25, 0.3) is 0 Å². The molecule has 0 aromatic rings. The summed E-state index contributed by atoms with van der Waals surface area (Å²) in [7, 11) is 0. The summed E-state index contributed by atoms with van der Waals surface area (Å²) in [5.41, 5.74) is 7.00. The van der Waals surface area contributed by atoms with Crippen molar-refractivity contribution in [2.45, 2.75) is 105 Å². The second kappa shape index (κ2) is 7.99. The predicted molar refractivity (Wildman–Crippen MR) is 95.4 cm³/mol. The summed E-state index contributed by atoms with van der Waals surface area (Å²) in [4.78, 5) is 0. The van der Waals surface area contributed by atoms with Gasteiger partial charge in [0.25, 0.3) is 0 Å². The van der Waals surface area contributed by atoms with Gasteiger partial charge in [0.2, 0.25) is 0 Å². The summed E-state index contributed by atoms with van der Waals surface area (Å²) in [6.45, 7) is 14.1. The molecule has 2 N–H and O–H groups in total. The SMILES string of the molecule is CCCCCC(CCC1CC(C)CC(C)(C)C1)C(C)(C)N. The van der Waals surface area contributed by atoms with Gasteiger partial charge in [0, 0.05) is 5.54 Å². The zero-order valence-corrected chi connectivity index (χ0v) is 15.7. The van der Waals surface area contributed by atoms with E-state index in [-0.39, 0.29) is 5.54 Å². The van der Waals surface area contributed by atoms with Gasteiger partial charge in [0.05, 0.1) is 0 Å². The average molecular weight is 296 g/mol. The lowest BCUT2D eigenvalue weighted by atomic mass is 9.66. The van der Waals surface area contributed by atoms with Crippen LogP contribution < -0.4 is 5.73 Å². The Morgan fingerprint density at radius 1 is 1.14 bits per heavy atom. The average Bonchev–Trinajstić information content (AvgIpc) is 2.29. The summed E-state index contributed by atoms with van der Waals surface area (Å²) in [6.07, 6.45) is 12.3. The van der Waals surface area contributed by atoms with Gasteiger partial charge in [-0.25, -0.2) is 0 Å². The van der Waals surface area contributed by atoms with Gasteiger partial charge in [-0.3, -0.25) is 0 Å². The summed E-state index contributed by atoms with van der Waals surface area (Å²) in [5.74, 6) is 2.53. The van der Waals surface area contributed by atoms with E-state index in [1.807, 2.05) is 0 Å². The van der Waals surface area contributed by atoms with Gasteiger partial charge in [-0.15, -0.1) is 0 Å². The Labute approximate surface area is 134 Å². The van der Waals surface area contributed by atoms with Crippen molar-refractivity contribution in [3.63, 3.8) is 0 Å². The highest BCUT2D eigenvalue weighted by Gasteiger charge is 2.33. The fourth-order valence-corrected chi connectivity index (χ4v) is 4.73. The lowest BCUT2D eigenvalue weighted by molar-refractivity contribution is 0.117. The van der Waals surface area contributed by atoms with Crippen molar-refractivity contribution in [2.75, 3.05) is 0 Å². The third-order valence-electron chi connectivity index (χ3n) is 5.61. The fourth-order valence-electron chi connectivity index (χ4n) is 4.73. The molecule has 0 aliphatic heterocycles. The zero-order valence-electron chi connectivity index (χ0n) is 15.7. The lowest BCUT2D eigenvalue weighted by Crippen LogP contribution is -2.41. The molecule has 1 fully saturated rings.